The minimum atomic E-state index is -0.412. The first-order valence-corrected chi connectivity index (χ1v) is 11.1. The van der Waals surface area contributed by atoms with Gasteiger partial charge in [0, 0.05) is 30.5 Å². The topological polar surface area (TPSA) is 52.7 Å². The highest BCUT2D eigenvalue weighted by Gasteiger charge is 2.40. The van der Waals surface area contributed by atoms with Crippen LogP contribution in [0.5, 0.6) is 0 Å². The lowest BCUT2D eigenvalue weighted by Gasteiger charge is -2.17. The highest BCUT2D eigenvalue weighted by atomic mass is 35.5. The fourth-order valence-electron chi connectivity index (χ4n) is 3.75. The molecule has 3 aromatic carbocycles. The summed E-state index contributed by atoms with van der Waals surface area (Å²) in [5, 5.41) is 3.71. The van der Waals surface area contributed by atoms with Crippen molar-refractivity contribution in [2.75, 3.05) is 29.2 Å². The zero-order valence-electron chi connectivity index (χ0n) is 19.4. The summed E-state index contributed by atoms with van der Waals surface area (Å²) in [4.78, 5) is 30.4. The van der Waals surface area contributed by atoms with E-state index in [1.165, 1.54) is 4.90 Å². The van der Waals surface area contributed by atoms with Gasteiger partial charge in [0.15, 0.2) is 0 Å². The molecular formula is C27H26ClN3O2. The number of nitrogens with one attached hydrogen (secondary N) is 1. The van der Waals surface area contributed by atoms with E-state index in [9.17, 15) is 9.59 Å². The number of hydrogen-bond donors (Lipinski definition) is 1. The van der Waals surface area contributed by atoms with Crippen molar-refractivity contribution in [3.63, 3.8) is 0 Å². The van der Waals surface area contributed by atoms with Crippen LogP contribution in [0.25, 0.3) is 5.57 Å². The maximum Gasteiger partial charge on any atom is 0.282 e. The number of carbonyl (C=O) groups is 2. The molecule has 0 aliphatic carbocycles. The molecule has 1 heterocycles. The average molecular weight is 460 g/mol. The molecular weight excluding hydrogens is 434 g/mol. The van der Waals surface area contributed by atoms with E-state index in [4.69, 9.17) is 11.6 Å². The van der Waals surface area contributed by atoms with Crippen molar-refractivity contribution in [1.82, 2.24) is 0 Å². The molecule has 1 N–H and O–H groups in total. The molecule has 0 bridgehead atoms. The number of halogens is 1. The van der Waals surface area contributed by atoms with Gasteiger partial charge >= 0.3 is 0 Å². The largest absolute Gasteiger partial charge is 0.378 e. The molecule has 0 radical (unpaired) electrons. The first-order valence-electron chi connectivity index (χ1n) is 10.7. The van der Waals surface area contributed by atoms with E-state index in [0.717, 1.165) is 28.1 Å². The maximum atomic E-state index is 13.6. The molecule has 3 aromatic rings. The predicted molar refractivity (Wildman–Crippen MR) is 136 cm³/mol. The second-order valence-electron chi connectivity index (χ2n) is 8.49. The monoisotopic (exact) mass is 459 g/mol. The second-order valence-corrected chi connectivity index (χ2v) is 8.90. The fraction of sp³-hybridized carbons (Fsp3) is 0.185. The van der Waals surface area contributed by atoms with E-state index < -0.39 is 5.91 Å². The van der Waals surface area contributed by atoms with Gasteiger partial charge in [0.25, 0.3) is 11.8 Å². The molecule has 4 rings (SSSR count). The van der Waals surface area contributed by atoms with Crippen LogP contribution in [0.3, 0.4) is 0 Å². The highest BCUT2D eigenvalue weighted by Crippen LogP contribution is 2.35. The summed E-state index contributed by atoms with van der Waals surface area (Å²) < 4.78 is 0. The van der Waals surface area contributed by atoms with Crippen molar-refractivity contribution < 1.29 is 9.59 Å². The minimum absolute atomic E-state index is 0.248. The zero-order valence-corrected chi connectivity index (χ0v) is 20.1. The third kappa shape index (κ3) is 4.24. The summed E-state index contributed by atoms with van der Waals surface area (Å²) in [6.07, 6.45) is 0. The zero-order chi connectivity index (χ0) is 23.9. The minimum Gasteiger partial charge on any atom is -0.378 e. The van der Waals surface area contributed by atoms with Gasteiger partial charge in [-0.25, -0.2) is 4.90 Å². The van der Waals surface area contributed by atoms with Gasteiger partial charge < -0.3 is 10.2 Å². The quantitative estimate of drug-likeness (QED) is 0.495. The smallest absolute Gasteiger partial charge is 0.282 e. The van der Waals surface area contributed by atoms with Crippen LogP contribution in [0, 0.1) is 20.8 Å². The number of benzene rings is 3. The van der Waals surface area contributed by atoms with Crippen LogP contribution in [0.2, 0.25) is 5.02 Å². The predicted octanol–water partition coefficient (Wildman–Crippen LogP) is 5.73. The van der Waals surface area contributed by atoms with E-state index in [1.807, 2.05) is 82.2 Å². The van der Waals surface area contributed by atoms with Crippen LogP contribution in [0.15, 0.2) is 66.4 Å². The number of nitrogens with zero attached hydrogens (tertiary/aromatic N) is 2. The van der Waals surface area contributed by atoms with Crippen molar-refractivity contribution in [3.05, 3.63) is 93.6 Å². The van der Waals surface area contributed by atoms with Crippen molar-refractivity contribution >= 4 is 46.1 Å². The van der Waals surface area contributed by atoms with Gasteiger partial charge in [-0.15, -0.1) is 0 Å². The first kappa shape index (κ1) is 22.6. The normalized spacial score (nSPS) is 13.7. The lowest BCUT2D eigenvalue weighted by Crippen LogP contribution is -2.32. The van der Waals surface area contributed by atoms with Gasteiger partial charge in [0.1, 0.15) is 5.70 Å². The standard InChI is InChI=1S/C27H26ClN3O2/c1-16-6-8-19(14-18(16)3)24-25(29-20-9-12-21(13-10-20)30(4)5)27(33)31(26(24)32)22-11-7-17(2)23(28)15-22/h6-15,29H,1-5H3. The number of anilines is 3. The molecule has 0 unspecified atom stereocenters. The van der Waals surface area contributed by atoms with E-state index in [0.29, 0.717) is 21.8 Å². The highest BCUT2D eigenvalue weighted by molar-refractivity contribution is 6.46. The Balaban J connectivity index is 1.81. The van der Waals surface area contributed by atoms with E-state index >= 15 is 0 Å². The molecule has 168 valence electrons. The number of amides is 2. The molecule has 6 heteroatoms. The van der Waals surface area contributed by atoms with E-state index in [1.54, 1.807) is 18.2 Å². The summed E-state index contributed by atoms with van der Waals surface area (Å²) in [5.41, 5.74) is 6.54. The Kier molecular flexibility index (Phi) is 6.00. The Morgan fingerprint density at radius 3 is 2.06 bits per heavy atom. The maximum absolute atomic E-state index is 13.6. The number of rotatable bonds is 5. The van der Waals surface area contributed by atoms with Gasteiger partial charge in [-0.2, -0.15) is 0 Å². The first-order chi connectivity index (χ1) is 15.7. The van der Waals surface area contributed by atoms with E-state index in [2.05, 4.69) is 5.32 Å². The lowest BCUT2D eigenvalue weighted by atomic mass is 9.99. The summed E-state index contributed by atoms with van der Waals surface area (Å²) in [5.74, 6) is -0.791. The molecule has 0 saturated heterocycles. The lowest BCUT2D eigenvalue weighted by molar-refractivity contribution is -0.120. The molecule has 5 nitrogen and oxygen atoms in total. The Hall–Kier alpha value is -3.57. The molecule has 1 aliphatic rings. The molecule has 0 saturated carbocycles. The Labute approximate surface area is 199 Å². The Bertz CT molecular complexity index is 1290. The van der Waals surface area contributed by atoms with Crippen LogP contribution >= 0.6 is 11.6 Å². The fourth-order valence-corrected chi connectivity index (χ4v) is 3.93. The van der Waals surface area contributed by atoms with Crippen molar-refractivity contribution in [3.8, 4) is 0 Å². The molecule has 0 spiro atoms. The molecule has 2 amide bonds. The van der Waals surface area contributed by atoms with Gasteiger partial charge in [-0.05, 0) is 79.4 Å². The Morgan fingerprint density at radius 2 is 1.45 bits per heavy atom. The number of carbonyl (C=O) groups excluding carboxylic acids is 2. The number of aryl methyl sites for hydroxylation is 3. The van der Waals surface area contributed by atoms with Gasteiger partial charge in [0.05, 0.1) is 11.3 Å². The van der Waals surface area contributed by atoms with Gasteiger partial charge in [-0.1, -0.05) is 35.9 Å². The van der Waals surface area contributed by atoms with Crippen LogP contribution in [0.4, 0.5) is 17.1 Å². The number of imide groups is 1. The molecule has 1 aliphatic heterocycles. The van der Waals surface area contributed by atoms with Crippen molar-refractivity contribution in [2.24, 2.45) is 0 Å². The summed E-state index contributed by atoms with van der Waals surface area (Å²) in [6.45, 7) is 5.88. The summed E-state index contributed by atoms with van der Waals surface area (Å²) in [6, 6.07) is 18.7. The number of hydrogen-bond acceptors (Lipinski definition) is 4. The van der Waals surface area contributed by atoms with Gasteiger partial charge in [-0.3, -0.25) is 9.59 Å². The van der Waals surface area contributed by atoms with Crippen molar-refractivity contribution in [2.45, 2.75) is 20.8 Å². The molecule has 0 fully saturated rings. The second kappa shape index (κ2) is 8.75. The Morgan fingerprint density at radius 1 is 0.788 bits per heavy atom. The van der Waals surface area contributed by atoms with Crippen LogP contribution in [0.1, 0.15) is 22.3 Å². The van der Waals surface area contributed by atoms with Gasteiger partial charge in [0.2, 0.25) is 0 Å². The molecule has 0 aromatic heterocycles. The van der Waals surface area contributed by atoms with Crippen LogP contribution < -0.4 is 15.1 Å². The molecule has 33 heavy (non-hydrogen) atoms. The molecule has 0 atom stereocenters. The van der Waals surface area contributed by atoms with Crippen LogP contribution in [-0.2, 0) is 9.59 Å². The van der Waals surface area contributed by atoms with E-state index in [-0.39, 0.29) is 11.6 Å². The third-order valence-electron chi connectivity index (χ3n) is 5.95. The summed E-state index contributed by atoms with van der Waals surface area (Å²) >= 11 is 6.30. The average Bonchev–Trinajstić information content (AvgIpc) is 3.02. The summed E-state index contributed by atoms with van der Waals surface area (Å²) in [7, 11) is 3.93. The van der Waals surface area contributed by atoms with Crippen LogP contribution in [-0.4, -0.2) is 25.9 Å². The third-order valence-corrected chi connectivity index (χ3v) is 6.35. The SMILES string of the molecule is Cc1ccc(C2=C(Nc3ccc(N(C)C)cc3)C(=O)N(c3ccc(C)c(Cl)c3)C2=O)cc1C. The van der Waals surface area contributed by atoms with Crippen molar-refractivity contribution in [1.29, 1.82) is 0 Å².